The second-order valence-electron chi connectivity index (χ2n) is 9.12. The lowest BCUT2D eigenvalue weighted by Crippen LogP contribution is -2.56. The van der Waals surface area contributed by atoms with E-state index in [-0.39, 0.29) is 12.2 Å². The molecular formula is C28H40O5Si2. The van der Waals surface area contributed by atoms with Gasteiger partial charge in [-0.25, -0.2) is 0 Å². The minimum Gasteiger partial charge on any atom is -0.377 e. The van der Waals surface area contributed by atoms with Crippen LogP contribution in [0.5, 0.6) is 0 Å². The first-order chi connectivity index (χ1) is 16.9. The SMILES string of the molecule is C=Cc1ccc(CCC[Si]2(OC)OC(C)C(C)O[Si](CCCc3ccc(C=C)cc3)(OC)O2)cc1. The number of hydrogen-bond acceptors (Lipinski definition) is 5. The van der Waals surface area contributed by atoms with Gasteiger partial charge in [0.15, 0.2) is 0 Å². The average Bonchev–Trinajstić information content (AvgIpc) is 2.99. The van der Waals surface area contributed by atoms with Crippen LogP contribution in [0.4, 0.5) is 0 Å². The standard InChI is InChI=1S/C28H40O5Si2/c1-7-25-13-17-27(18-14-25)11-9-21-34(29-5)31-23(3)24(4)32-35(30-6,33-34)22-10-12-28-19-15-26(8-2)16-20-28/h7-8,13-20,23-24H,1-2,9-12,21-22H2,3-6H3. The highest BCUT2D eigenvalue weighted by Gasteiger charge is 2.56. The molecule has 1 aliphatic heterocycles. The summed E-state index contributed by atoms with van der Waals surface area (Å²) in [5, 5.41) is 0. The van der Waals surface area contributed by atoms with Gasteiger partial charge in [-0.15, -0.1) is 0 Å². The molecular weight excluding hydrogens is 472 g/mol. The molecule has 2 aromatic rings. The first-order valence-corrected chi connectivity index (χ1v) is 16.3. The second-order valence-corrected chi connectivity index (χ2v) is 15.0. The van der Waals surface area contributed by atoms with E-state index < -0.39 is 17.6 Å². The highest BCUT2D eigenvalue weighted by Crippen LogP contribution is 2.34. The third-order valence-electron chi connectivity index (χ3n) is 6.65. The maximum Gasteiger partial charge on any atom is 0.493 e. The molecule has 1 aliphatic rings. The van der Waals surface area contributed by atoms with E-state index in [4.69, 9.17) is 21.8 Å². The van der Waals surface area contributed by atoms with Gasteiger partial charge in [0.1, 0.15) is 0 Å². The molecule has 190 valence electrons. The summed E-state index contributed by atoms with van der Waals surface area (Å²) in [5.41, 5.74) is 4.80. The van der Waals surface area contributed by atoms with Gasteiger partial charge in [0.05, 0.1) is 12.2 Å². The minimum absolute atomic E-state index is 0.135. The molecule has 7 heteroatoms. The molecule has 1 fully saturated rings. The zero-order valence-electron chi connectivity index (χ0n) is 21.6. The predicted molar refractivity (Wildman–Crippen MR) is 147 cm³/mol. The summed E-state index contributed by atoms with van der Waals surface area (Å²) in [6.45, 7) is 11.7. The maximum atomic E-state index is 6.74. The maximum absolute atomic E-state index is 6.74. The van der Waals surface area contributed by atoms with Crippen molar-refractivity contribution >= 4 is 29.8 Å². The van der Waals surface area contributed by atoms with Crippen molar-refractivity contribution in [3.63, 3.8) is 0 Å². The highest BCUT2D eigenvalue weighted by atomic mass is 28.5. The number of aryl methyl sites for hydroxylation is 2. The van der Waals surface area contributed by atoms with Crippen LogP contribution in [0.2, 0.25) is 12.1 Å². The summed E-state index contributed by atoms with van der Waals surface area (Å²) in [5.74, 6) is 0. The van der Waals surface area contributed by atoms with Gasteiger partial charge in [-0.1, -0.05) is 73.8 Å². The summed E-state index contributed by atoms with van der Waals surface area (Å²) < 4.78 is 31.8. The van der Waals surface area contributed by atoms with Gasteiger partial charge in [-0.05, 0) is 61.8 Å². The molecule has 1 saturated heterocycles. The summed E-state index contributed by atoms with van der Waals surface area (Å²) in [6.07, 6.45) is 7.10. The third-order valence-corrected chi connectivity index (χ3v) is 13.8. The van der Waals surface area contributed by atoms with E-state index >= 15 is 0 Å². The van der Waals surface area contributed by atoms with Crippen molar-refractivity contribution in [1.82, 2.24) is 0 Å². The van der Waals surface area contributed by atoms with Gasteiger partial charge >= 0.3 is 17.6 Å². The van der Waals surface area contributed by atoms with E-state index in [2.05, 4.69) is 61.7 Å². The third kappa shape index (κ3) is 7.57. The van der Waals surface area contributed by atoms with Gasteiger partial charge in [0, 0.05) is 26.3 Å². The number of benzene rings is 2. The van der Waals surface area contributed by atoms with Crippen molar-refractivity contribution in [2.24, 2.45) is 0 Å². The molecule has 0 radical (unpaired) electrons. The fraction of sp³-hybridized carbons (Fsp3) is 0.429. The van der Waals surface area contributed by atoms with Crippen molar-refractivity contribution in [2.45, 2.75) is 63.8 Å². The average molecular weight is 513 g/mol. The zero-order chi connectivity index (χ0) is 25.3. The van der Waals surface area contributed by atoms with Crippen LogP contribution in [0, 0.1) is 0 Å². The Kier molecular flexibility index (Phi) is 10.2. The van der Waals surface area contributed by atoms with Crippen molar-refractivity contribution in [2.75, 3.05) is 14.2 Å². The smallest absolute Gasteiger partial charge is 0.377 e. The van der Waals surface area contributed by atoms with Crippen LogP contribution in [-0.4, -0.2) is 44.0 Å². The molecule has 4 atom stereocenters. The monoisotopic (exact) mass is 512 g/mol. The van der Waals surface area contributed by atoms with Crippen LogP contribution in [0.1, 0.15) is 48.9 Å². The molecule has 35 heavy (non-hydrogen) atoms. The van der Waals surface area contributed by atoms with Crippen molar-refractivity contribution in [3.8, 4) is 0 Å². The molecule has 0 aromatic heterocycles. The van der Waals surface area contributed by atoms with Crippen LogP contribution in [0.3, 0.4) is 0 Å². The largest absolute Gasteiger partial charge is 0.493 e. The molecule has 0 spiro atoms. The molecule has 0 amide bonds. The van der Waals surface area contributed by atoms with E-state index in [1.807, 2.05) is 26.0 Å². The summed E-state index contributed by atoms with van der Waals surface area (Å²) >= 11 is 0. The van der Waals surface area contributed by atoms with Gasteiger partial charge < -0.3 is 21.8 Å². The fourth-order valence-corrected chi connectivity index (χ4v) is 11.6. The van der Waals surface area contributed by atoms with E-state index in [1.54, 1.807) is 14.2 Å². The van der Waals surface area contributed by atoms with E-state index in [9.17, 15) is 0 Å². The molecule has 0 N–H and O–H groups in total. The molecule has 3 rings (SSSR count). The Morgan fingerprint density at radius 3 is 1.40 bits per heavy atom. The Morgan fingerprint density at radius 1 is 0.714 bits per heavy atom. The lowest BCUT2D eigenvalue weighted by molar-refractivity contribution is 0.0416. The Bertz CT molecular complexity index is 871. The van der Waals surface area contributed by atoms with Gasteiger partial charge in [-0.3, -0.25) is 0 Å². The highest BCUT2D eigenvalue weighted by molar-refractivity contribution is 6.75. The van der Waals surface area contributed by atoms with Crippen molar-refractivity contribution in [3.05, 3.63) is 83.9 Å². The Labute approximate surface area is 213 Å². The zero-order valence-corrected chi connectivity index (χ0v) is 23.6. The van der Waals surface area contributed by atoms with Crippen LogP contribution in [-0.2, 0) is 34.7 Å². The van der Waals surface area contributed by atoms with E-state index in [0.717, 1.165) is 36.8 Å². The number of rotatable bonds is 12. The molecule has 4 unspecified atom stereocenters. The first-order valence-electron chi connectivity index (χ1n) is 12.5. The van der Waals surface area contributed by atoms with Crippen molar-refractivity contribution in [1.29, 1.82) is 0 Å². The lowest BCUT2D eigenvalue weighted by atomic mass is 10.1. The van der Waals surface area contributed by atoms with Gasteiger partial charge in [0.2, 0.25) is 0 Å². The fourth-order valence-electron chi connectivity index (χ4n) is 4.31. The first kappa shape index (κ1) is 27.7. The molecule has 0 saturated carbocycles. The quantitative estimate of drug-likeness (QED) is 0.302. The number of hydrogen-bond donors (Lipinski definition) is 0. The molecule has 0 bridgehead atoms. The summed E-state index contributed by atoms with van der Waals surface area (Å²) in [7, 11) is -2.60. The predicted octanol–water partition coefficient (Wildman–Crippen LogP) is 6.55. The van der Waals surface area contributed by atoms with E-state index in [0.29, 0.717) is 12.1 Å². The topological polar surface area (TPSA) is 46.2 Å². The van der Waals surface area contributed by atoms with Crippen LogP contribution >= 0.6 is 0 Å². The van der Waals surface area contributed by atoms with Crippen LogP contribution in [0.25, 0.3) is 12.2 Å². The van der Waals surface area contributed by atoms with Crippen LogP contribution < -0.4 is 0 Å². The lowest BCUT2D eigenvalue weighted by Gasteiger charge is -2.34. The Balaban J connectivity index is 1.68. The van der Waals surface area contributed by atoms with Crippen LogP contribution in [0.15, 0.2) is 61.7 Å². The summed E-state index contributed by atoms with van der Waals surface area (Å²) in [4.78, 5) is 0. The summed E-state index contributed by atoms with van der Waals surface area (Å²) in [6, 6.07) is 18.4. The molecule has 1 heterocycles. The Hall–Kier alpha value is -1.85. The van der Waals surface area contributed by atoms with Crippen molar-refractivity contribution < 1.29 is 21.8 Å². The van der Waals surface area contributed by atoms with Gasteiger partial charge in [0.25, 0.3) is 0 Å². The molecule has 5 nitrogen and oxygen atoms in total. The normalized spacial score (nSPS) is 26.7. The minimum atomic E-state index is -3.00. The molecule has 0 aliphatic carbocycles. The Morgan fingerprint density at radius 2 is 1.09 bits per heavy atom. The molecule has 2 aromatic carbocycles. The van der Waals surface area contributed by atoms with E-state index in [1.165, 1.54) is 11.1 Å². The second kappa shape index (κ2) is 12.9. The van der Waals surface area contributed by atoms with Gasteiger partial charge in [-0.2, -0.15) is 0 Å².